The second-order valence-corrected chi connectivity index (χ2v) is 4.91. The van der Waals surface area contributed by atoms with Gasteiger partial charge in [-0.3, -0.25) is 14.9 Å². The van der Waals surface area contributed by atoms with E-state index >= 15 is 0 Å². The van der Waals surface area contributed by atoms with Crippen LogP contribution in [0.2, 0.25) is 5.02 Å². The highest BCUT2D eigenvalue weighted by atomic mass is 35.5. The molecule has 0 aromatic heterocycles. The summed E-state index contributed by atoms with van der Waals surface area (Å²) in [5.74, 6) is -0.960. The average molecular weight is 325 g/mol. The first kappa shape index (κ1) is 15.8. The number of imide groups is 1. The fourth-order valence-electron chi connectivity index (χ4n) is 1.78. The first-order chi connectivity index (χ1) is 10.5. The molecule has 7 nitrogen and oxygen atoms in total. The van der Waals surface area contributed by atoms with Crippen molar-refractivity contribution in [2.45, 2.75) is 12.8 Å². The number of halogens is 1. The molecule has 3 amide bonds. The van der Waals surface area contributed by atoms with Gasteiger partial charge in [-0.05, 0) is 30.2 Å². The molecule has 22 heavy (non-hydrogen) atoms. The zero-order valence-corrected chi connectivity index (χ0v) is 12.1. The maximum atomic E-state index is 11.4. The van der Waals surface area contributed by atoms with Crippen molar-refractivity contribution in [2.75, 3.05) is 6.61 Å². The molecule has 0 saturated carbocycles. The molecule has 1 aliphatic heterocycles. The van der Waals surface area contributed by atoms with Gasteiger partial charge in [0, 0.05) is 6.42 Å². The highest BCUT2D eigenvalue weighted by Crippen LogP contribution is 2.26. The van der Waals surface area contributed by atoms with Gasteiger partial charge < -0.3 is 15.2 Å². The van der Waals surface area contributed by atoms with Gasteiger partial charge in [-0.15, -0.1) is 0 Å². The number of urea groups is 1. The SMILES string of the molecule is O=C(O)CCCOc1ccc(/C=C2\NC(=O)NC2=O)cc1Cl. The van der Waals surface area contributed by atoms with E-state index in [4.69, 9.17) is 21.4 Å². The van der Waals surface area contributed by atoms with Crippen molar-refractivity contribution in [1.82, 2.24) is 10.6 Å². The molecule has 0 unspecified atom stereocenters. The molecule has 1 aromatic carbocycles. The number of rotatable bonds is 6. The second-order valence-electron chi connectivity index (χ2n) is 4.50. The zero-order valence-electron chi connectivity index (χ0n) is 11.4. The van der Waals surface area contributed by atoms with E-state index in [1.807, 2.05) is 0 Å². The number of hydrogen-bond acceptors (Lipinski definition) is 4. The Labute approximate surface area is 130 Å². The highest BCUT2D eigenvalue weighted by Gasteiger charge is 2.22. The summed E-state index contributed by atoms with van der Waals surface area (Å²) >= 11 is 6.06. The van der Waals surface area contributed by atoms with Gasteiger partial charge >= 0.3 is 12.0 Å². The molecule has 0 bridgehead atoms. The van der Waals surface area contributed by atoms with Crippen molar-refractivity contribution in [1.29, 1.82) is 0 Å². The number of nitrogens with one attached hydrogen (secondary N) is 2. The van der Waals surface area contributed by atoms with Crippen LogP contribution in [0.25, 0.3) is 6.08 Å². The zero-order chi connectivity index (χ0) is 16.1. The number of carbonyl (C=O) groups is 3. The summed E-state index contributed by atoms with van der Waals surface area (Å²) in [6.07, 6.45) is 1.89. The lowest BCUT2D eigenvalue weighted by Crippen LogP contribution is -2.22. The first-order valence-corrected chi connectivity index (χ1v) is 6.81. The van der Waals surface area contributed by atoms with Crippen LogP contribution in [0.5, 0.6) is 5.75 Å². The minimum absolute atomic E-state index is 0.0244. The van der Waals surface area contributed by atoms with Gasteiger partial charge in [-0.25, -0.2) is 4.79 Å². The normalized spacial score (nSPS) is 15.6. The number of hydrogen-bond donors (Lipinski definition) is 3. The fraction of sp³-hybridized carbons (Fsp3) is 0.214. The van der Waals surface area contributed by atoms with Crippen molar-refractivity contribution >= 4 is 35.6 Å². The van der Waals surface area contributed by atoms with E-state index in [0.29, 0.717) is 22.8 Å². The molecule has 0 spiro atoms. The van der Waals surface area contributed by atoms with Gasteiger partial charge in [0.25, 0.3) is 5.91 Å². The van der Waals surface area contributed by atoms with Crippen LogP contribution in [0.1, 0.15) is 18.4 Å². The van der Waals surface area contributed by atoms with Crippen LogP contribution in [-0.2, 0) is 9.59 Å². The molecule has 1 fully saturated rings. The molecule has 1 heterocycles. The molecule has 0 atom stereocenters. The van der Waals surface area contributed by atoms with Gasteiger partial charge in [0.15, 0.2) is 0 Å². The summed E-state index contributed by atoms with van der Waals surface area (Å²) in [5.41, 5.74) is 0.756. The van der Waals surface area contributed by atoms with Crippen molar-refractivity contribution in [3.8, 4) is 5.75 Å². The van der Waals surface area contributed by atoms with Crippen LogP contribution in [0.3, 0.4) is 0 Å². The van der Waals surface area contributed by atoms with Crippen LogP contribution < -0.4 is 15.4 Å². The maximum Gasteiger partial charge on any atom is 0.326 e. The van der Waals surface area contributed by atoms with E-state index in [2.05, 4.69) is 10.6 Å². The summed E-state index contributed by atoms with van der Waals surface area (Å²) in [5, 5.41) is 13.3. The summed E-state index contributed by atoms with van der Waals surface area (Å²) < 4.78 is 5.39. The van der Waals surface area contributed by atoms with Crippen LogP contribution in [0.15, 0.2) is 23.9 Å². The molecule has 1 aliphatic rings. The Hall–Kier alpha value is -2.54. The van der Waals surface area contributed by atoms with E-state index < -0.39 is 17.9 Å². The molecule has 116 valence electrons. The molecular formula is C14H13ClN2O5. The van der Waals surface area contributed by atoms with Crippen LogP contribution in [0, 0.1) is 0 Å². The average Bonchev–Trinajstić information content (AvgIpc) is 2.74. The van der Waals surface area contributed by atoms with Gasteiger partial charge in [0.2, 0.25) is 0 Å². The van der Waals surface area contributed by atoms with Gasteiger partial charge in [0.05, 0.1) is 11.6 Å². The van der Waals surface area contributed by atoms with Crippen LogP contribution >= 0.6 is 11.6 Å². The Kier molecular flexibility index (Phi) is 5.00. The third-order valence-corrected chi connectivity index (χ3v) is 3.07. The Morgan fingerprint density at radius 3 is 2.68 bits per heavy atom. The van der Waals surface area contributed by atoms with Crippen molar-refractivity contribution in [3.05, 3.63) is 34.5 Å². The predicted octanol–water partition coefficient (Wildman–Crippen LogP) is 1.76. The topological polar surface area (TPSA) is 105 Å². The maximum absolute atomic E-state index is 11.4. The summed E-state index contributed by atoms with van der Waals surface area (Å²) in [4.78, 5) is 32.8. The Morgan fingerprint density at radius 1 is 1.32 bits per heavy atom. The number of carbonyl (C=O) groups excluding carboxylic acids is 2. The van der Waals surface area contributed by atoms with Crippen molar-refractivity contribution in [3.63, 3.8) is 0 Å². The Bertz CT molecular complexity index is 657. The number of amides is 3. The van der Waals surface area contributed by atoms with Gasteiger partial charge in [0.1, 0.15) is 11.4 Å². The quantitative estimate of drug-likeness (QED) is 0.420. The fourth-order valence-corrected chi connectivity index (χ4v) is 2.02. The smallest absolute Gasteiger partial charge is 0.326 e. The minimum Gasteiger partial charge on any atom is -0.492 e. The minimum atomic E-state index is -0.881. The predicted molar refractivity (Wildman–Crippen MR) is 78.5 cm³/mol. The van der Waals surface area contributed by atoms with Crippen LogP contribution in [0.4, 0.5) is 4.79 Å². The summed E-state index contributed by atoms with van der Waals surface area (Å²) in [6.45, 7) is 0.241. The summed E-state index contributed by atoms with van der Waals surface area (Å²) in [6, 6.07) is 4.30. The number of benzene rings is 1. The second kappa shape index (κ2) is 6.95. The molecule has 3 N–H and O–H groups in total. The van der Waals surface area contributed by atoms with E-state index in [1.54, 1.807) is 18.2 Å². The van der Waals surface area contributed by atoms with E-state index in [1.165, 1.54) is 6.08 Å². The third kappa shape index (κ3) is 4.23. The van der Waals surface area contributed by atoms with E-state index in [-0.39, 0.29) is 18.7 Å². The van der Waals surface area contributed by atoms with E-state index in [9.17, 15) is 14.4 Å². The number of ether oxygens (including phenoxy) is 1. The molecule has 1 saturated heterocycles. The summed E-state index contributed by atoms with van der Waals surface area (Å²) in [7, 11) is 0. The highest BCUT2D eigenvalue weighted by molar-refractivity contribution is 6.32. The van der Waals surface area contributed by atoms with Crippen molar-refractivity contribution < 1.29 is 24.2 Å². The first-order valence-electron chi connectivity index (χ1n) is 6.44. The van der Waals surface area contributed by atoms with Gasteiger partial charge in [-0.1, -0.05) is 17.7 Å². The molecule has 0 radical (unpaired) electrons. The molecule has 1 aromatic rings. The Balaban J connectivity index is 2.00. The standard InChI is InChI=1S/C14H13ClN2O5/c15-9-6-8(7-10-13(20)17-14(21)16-10)3-4-11(9)22-5-1-2-12(18)19/h3-4,6-7H,1-2,5H2,(H,18,19)(H2,16,17,20,21)/b10-7-. The lowest BCUT2D eigenvalue weighted by molar-refractivity contribution is -0.137. The lowest BCUT2D eigenvalue weighted by atomic mass is 10.2. The Morgan fingerprint density at radius 2 is 2.09 bits per heavy atom. The number of carboxylic acids is 1. The molecular weight excluding hydrogens is 312 g/mol. The molecule has 8 heteroatoms. The number of carboxylic acid groups (broad SMARTS) is 1. The van der Waals surface area contributed by atoms with Crippen molar-refractivity contribution in [2.24, 2.45) is 0 Å². The third-order valence-electron chi connectivity index (χ3n) is 2.78. The monoisotopic (exact) mass is 324 g/mol. The number of aliphatic carboxylic acids is 1. The van der Waals surface area contributed by atoms with Crippen LogP contribution in [-0.4, -0.2) is 29.6 Å². The van der Waals surface area contributed by atoms with E-state index in [0.717, 1.165) is 0 Å². The largest absolute Gasteiger partial charge is 0.492 e. The lowest BCUT2D eigenvalue weighted by Gasteiger charge is -2.08. The molecule has 0 aliphatic carbocycles. The van der Waals surface area contributed by atoms with Gasteiger partial charge in [-0.2, -0.15) is 0 Å². The molecule has 2 rings (SSSR count).